The van der Waals surface area contributed by atoms with Gasteiger partial charge in [-0.1, -0.05) is 49.4 Å². The quantitative estimate of drug-likeness (QED) is 0.752. The van der Waals surface area contributed by atoms with Gasteiger partial charge >= 0.3 is 5.97 Å². The lowest BCUT2D eigenvalue weighted by Crippen LogP contribution is -2.22. The number of nitrogens with zero attached hydrogens (tertiary/aromatic N) is 4. The lowest BCUT2D eigenvalue weighted by atomic mass is 9.99. The Hall–Kier alpha value is -3.15. The van der Waals surface area contributed by atoms with Crippen molar-refractivity contribution in [3.8, 4) is 5.69 Å². The molecule has 0 saturated carbocycles. The average Bonchev–Trinajstić information content (AvgIpc) is 3.36. The van der Waals surface area contributed by atoms with E-state index in [0.717, 1.165) is 31.6 Å². The Labute approximate surface area is 158 Å². The van der Waals surface area contributed by atoms with Gasteiger partial charge in [0, 0.05) is 19.0 Å². The predicted molar refractivity (Wildman–Crippen MR) is 104 cm³/mol. The first-order valence-electron chi connectivity index (χ1n) is 9.25. The molecule has 0 bridgehead atoms. The summed E-state index contributed by atoms with van der Waals surface area (Å²) in [7, 11) is 0. The summed E-state index contributed by atoms with van der Waals surface area (Å²) >= 11 is 0. The SMILES string of the molecule is CCc1ccc(-n2nc(C(=O)O)c(N3CC[C@@H](c4ccccc4)C3)n2)cc1. The van der Waals surface area contributed by atoms with Crippen LogP contribution in [-0.4, -0.2) is 39.2 Å². The third kappa shape index (κ3) is 3.43. The van der Waals surface area contributed by atoms with E-state index >= 15 is 0 Å². The summed E-state index contributed by atoms with van der Waals surface area (Å²) in [5.41, 5.74) is 3.26. The molecule has 6 heteroatoms. The average molecular weight is 362 g/mol. The minimum absolute atomic E-state index is 0.00304. The molecule has 1 saturated heterocycles. The third-order valence-corrected chi connectivity index (χ3v) is 5.13. The van der Waals surface area contributed by atoms with Crippen LogP contribution in [0.2, 0.25) is 0 Å². The summed E-state index contributed by atoms with van der Waals surface area (Å²) < 4.78 is 0. The standard InChI is InChI=1S/C21H22N4O2/c1-2-15-8-10-18(11-9-15)25-22-19(21(26)27)20(23-25)24-13-12-17(14-24)16-6-4-3-5-7-16/h3-11,17H,2,12-14H2,1H3,(H,26,27)/t17-/m1/s1. The molecule has 0 radical (unpaired) electrons. The predicted octanol–water partition coefficient (Wildman–Crippen LogP) is 3.52. The van der Waals surface area contributed by atoms with Crippen molar-refractivity contribution in [2.24, 2.45) is 0 Å². The molecule has 6 nitrogen and oxygen atoms in total. The number of aryl methyl sites for hydroxylation is 1. The summed E-state index contributed by atoms with van der Waals surface area (Å²) in [4.78, 5) is 15.2. The Bertz CT molecular complexity index is 935. The van der Waals surface area contributed by atoms with Gasteiger partial charge in [0.25, 0.3) is 0 Å². The van der Waals surface area contributed by atoms with Crippen molar-refractivity contribution in [2.45, 2.75) is 25.7 Å². The van der Waals surface area contributed by atoms with Crippen molar-refractivity contribution in [3.05, 3.63) is 71.4 Å². The fourth-order valence-electron chi connectivity index (χ4n) is 3.58. The maximum absolute atomic E-state index is 11.7. The van der Waals surface area contributed by atoms with E-state index in [0.29, 0.717) is 11.7 Å². The fraction of sp³-hybridized carbons (Fsp3) is 0.286. The van der Waals surface area contributed by atoms with E-state index in [9.17, 15) is 9.90 Å². The van der Waals surface area contributed by atoms with Gasteiger partial charge in [0.15, 0.2) is 5.82 Å². The number of hydrogen-bond acceptors (Lipinski definition) is 4. The van der Waals surface area contributed by atoms with Gasteiger partial charge in [-0.25, -0.2) is 4.79 Å². The second-order valence-corrected chi connectivity index (χ2v) is 6.83. The van der Waals surface area contributed by atoms with Gasteiger partial charge in [0.2, 0.25) is 5.69 Å². The van der Waals surface area contributed by atoms with Crippen LogP contribution in [-0.2, 0) is 6.42 Å². The number of anilines is 1. The van der Waals surface area contributed by atoms with Crippen LogP contribution in [0, 0.1) is 0 Å². The third-order valence-electron chi connectivity index (χ3n) is 5.13. The molecule has 0 amide bonds. The number of benzene rings is 2. The molecule has 138 valence electrons. The minimum Gasteiger partial charge on any atom is -0.476 e. The maximum atomic E-state index is 11.7. The van der Waals surface area contributed by atoms with Gasteiger partial charge in [-0.2, -0.15) is 0 Å². The molecule has 4 rings (SSSR count). The molecule has 0 unspecified atom stereocenters. The summed E-state index contributed by atoms with van der Waals surface area (Å²) in [6, 6.07) is 18.2. The number of carboxylic acid groups (broad SMARTS) is 1. The largest absolute Gasteiger partial charge is 0.476 e. The molecular formula is C21H22N4O2. The molecule has 1 N–H and O–H groups in total. The number of rotatable bonds is 5. The van der Waals surface area contributed by atoms with Crippen LogP contribution < -0.4 is 4.90 Å². The highest BCUT2D eigenvalue weighted by Crippen LogP contribution is 2.31. The van der Waals surface area contributed by atoms with Crippen LogP contribution in [0.3, 0.4) is 0 Å². The van der Waals surface area contributed by atoms with Gasteiger partial charge < -0.3 is 10.0 Å². The van der Waals surface area contributed by atoms with Crippen molar-refractivity contribution in [2.75, 3.05) is 18.0 Å². The second-order valence-electron chi connectivity index (χ2n) is 6.83. The molecule has 1 aliphatic rings. The Balaban J connectivity index is 1.62. The normalized spacial score (nSPS) is 16.6. The van der Waals surface area contributed by atoms with E-state index in [4.69, 9.17) is 0 Å². The van der Waals surface area contributed by atoms with Crippen molar-refractivity contribution >= 4 is 11.8 Å². The first-order chi connectivity index (χ1) is 13.2. The van der Waals surface area contributed by atoms with Crippen LogP contribution in [0.15, 0.2) is 54.6 Å². The number of carboxylic acids is 1. The van der Waals surface area contributed by atoms with E-state index < -0.39 is 5.97 Å². The zero-order valence-electron chi connectivity index (χ0n) is 15.2. The first-order valence-corrected chi connectivity index (χ1v) is 9.25. The van der Waals surface area contributed by atoms with Gasteiger partial charge in [0.1, 0.15) is 0 Å². The molecule has 0 spiro atoms. The fourth-order valence-corrected chi connectivity index (χ4v) is 3.58. The monoisotopic (exact) mass is 362 g/mol. The zero-order chi connectivity index (χ0) is 18.8. The molecule has 1 fully saturated rings. The van der Waals surface area contributed by atoms with Crippen molar-refractivity contribution in [1.82, 2.24) is 15.0 Å². The molecule has 1 aliphatic heterocycles. The van der Waals surface area contributed by atoms with Crippen LogP contribution in [0.5, 0.6) is 0 Å². The van der Waals surface area contributed by atoms with Gasteiger partial charge in [-0.3, -0.25) is 0 Å². The van der Waals surface area contributed by atoms with E-state index in [2.05, 4.69) is 29.3 Å². The van der Waals surface area contributed by atoms with Crippen molar-refractivity contribution < 1.29 is 9.90 Å². The minimum atomic E-state index is -1.05. The van der Waals surface area contributed by atoms with Crippen LogP contribution in [0.25, 0.3) is 5.69 Å². The summed E-state index contributed by atoms with van der Waals surface area (Å²) in [6.45, 7) is 3.61. The van der Waals surface area contributed by atoms with Gasteiger partial charge in [-0.15, -0.1) is 15.0 Å². The topological polar surface area (TPSA) is 71.2 Å². The van der Waals surface area contributed by atoms with Crippen LogP contribution >= 0.6 is 0 Å². The molecule has 3 aromatic rings. The molecule has 27 heavy (non-hydrogen) atoms. The summed E-state index contributed by atoms with van der Waals surface area (Å²) in [5, 5.41) is 18.4. The highest BCUT2D eigenvalue weighted by molar-refractivity contribution is 5.91. The molecule has 2 heterocycles. The van der Waals surface area contributed by atoms with E-state index in [1.807, 2.05) is 47.4 Å². The molecule has 0 aliphatic carbocycles. The number of aromatic carboxylic acids is 1. The van der Waals surface area contributed by atoms with Crippen LogP contribution in [0.4, 0.5) is 5.82 Å². The molecule has 1 atom stereocenters. The van der Waals surface area contributed by atoms with E-state index in [-0.39, 0.29) is 5.69 Å². The Kier molecular flexibility index (Phi) is 4.62. The lowest BCUT2D eigenvalue weighted by Gasteiger charge is -2.16. The van der Waals surface area contributed by atoms with Gasteiger partial charge in [0.05, 0.1) is 5.69 Å². The molecular weight excluding hydrogens is 340 g/mol. The van der Waals surface area contributed by atoms with Crippen molar-refractivity contribution in [1.29, 1.82) is 0 Å². The summed E-state index contributed by atoms with van der Waals surface area (Å²) in [6.07, 6.45) is 1.92. The number of hydrogen-bond donors (Lipinski definition) is 1. The van der Waals surface area contributed by atoms with Crippen molar-refractivity contribution in [3.63, 3.8) is 0 Å². The van der Waals surface area contributed by atoms with Gasteiger partial charge in [-0.05, 0) is 36.1 Å². The molecule has 1 aromatic heterocycles. The lowest BCUT2D eigenvalue weighted by molar-refractivity contribution is 0.0690. The summed E-state index contributed by atoms with van der Waals surface area (Å²) in [5.74, 6) is -0.230. The Morgan fingerprint density at radius 3 is 2.52 bits per heavy atom. The smallest absolute Gasteiger partial charge is 0.360 e. The number of carbonyl (C=O) groups is 1. The maximum Gasteiger partial charge on any atom is 0.360 e. The Morgan fingerprint density at radius 1 is 1.11 bits per heavy atom. The second kappa shape index (κ2) is 7.23. The first kappa shape index (κ1) is 17.3. The highest BCUT2D eigenvalue weighted by atomic mass is 16.4. The number of aromatic nitrogens is 3. The Morgan fingerprint density at radius 2 is 1.85 bits per heavy atom. The van der Waals surface area contributed by atoms with E-state index in [1.165, 1.54) is 15.9 Å². The van der Waals surface area contributed by atoms with E-state index in [1.54, 1.807) is 0 Å². The zero-order valence-corrected chi connectivity index (χ0v) is 15.2. The van der Waals surface area contributed by atoms with Crippen LogP contribution in [0.1, 0.15) is 40.9 Å². The highest BCUT2D eigenvalue weighted by Gasteiger charge is 2.30. The molecule has 2 aromatic carbocycles.